The average Bonchev–Trinajstić information content (AvgIpc) is 3.11. The van der Waals surface area contributed by atoms with Crippen molar-refractivity contribution in [2.24, 2.45) is 0 Å². The molecule has 2 aliphatic rings. The highest BCUT2D eigenvalue weighted by atomic mass is 79.9. The van der Waals surface area contributed by atoms with Crippen LogP contribution in [0.2, 0.25) is 0 Å². The Kier molecular flexibility index (Phi) is 4.15. The quantitative estimate of drug-likeness (QED) is 0.556. The van der Waals surface area contributed by atoms with Crippen LogP contribution in [0.3, 0.4) is 0 Å². The Labute approximate surface area is 161 Å². The van der Waals surface area contributed by atoms with E-state index in [1.54, 1.807) is 14.2 Å². The van der Waals surface area contributed by atoms with Gasteiger partial charge in [0.1, 0.15) is 0 Å². The van der Waals surface area contributed by atoms with Crippen molar-refractivity contribution in [1.82, 2.24) is 0 Å². The van der Waals surface area contributed by atoms with Crippen LogP contribution in [0, 0.1) is 0 Å². The van der Waals surface area contributed by atoms with E-state index >= 15 is 0 Å². The summed E-state index contributed by atoms with van der Waals surface area (Å²) in [5.41, 5.74) is 3.68. The molecule has 5 nitrogen and oxygen atoms in total. The number of nitrogens with zero attached hydrogens (tertiary/aromatic N) is 1. The molecule has 0 atom stereocenters. The molecule has 2 aliphatic heterocycles. The number of methoxy groups -OCH3 is 2. The number of aromatic nitrogens is 1. The Bertz CT molecular complexity index is 1020. The second-order valence-corrected chi connectivity index (χ2v) is 6.27. The molecule has 0 radical (unpaired) electrons. The minimum absolute atomic E-state index is 0. The van der Waals surface area contributed by atoms with Gasteiger partial charge in [-0.15, -0.1) is 0 Å². The van der Waals surface area contributed by atoms with Gasteiger partial charge in [-0.2, -0.15) is 4.57 Å². The van der Waals surface area contributed by atoms with Crippen molar-refractivity contribution in [3.05, 3.63) is 42.1 Å². The lowest BCUT2D eigenvalue weighted by Gasteiger charge is -2.17. The zero-order valence-corrected chi connectivity index (χ0v) is 16.1. The lowest BCUT2D eigenvalue weighted by molar-refractivity contribution is -0.686. The van der Waals surface area contributed by atoms with Gasteiger partial charge in [-0.1, -0.05) is 0 Å². The molecule has 1 aromatic heterocycles. The number of ether oxygens (including phenoxy) is 4. The van der Waals surface area contributed by atoms with E-state index in [9.17, 15) is 0 Å². The van der Waals surface area contributed by atoms with Crippen molar-refractivity contribution in [3.63, 3.8) is 0 Å². The first-order valence-corrected chi connectivity index (χ1v) is 8.29. The monoisotopic (exact) mass is 415 g/mol. The Morgan fingerprint density at radius 2 is 1.81 bits per heavy atom. The van der Waals surface area contributed by atoms with E-state index in [-0.39, 0.29) is 17.0 Å². The molecule has 0 fully saturated rings. The molecule has 0 unspecified atom stereocenters. The highest BCUT2D eigenvalue weighted by Gasteiger charge is 2.28. The maximum Gasteiger partial charge on any atom is 0.231 e. The number of benzene rings is 2. The van der Waals surface area contributed by atoms with Crippen molar-refractivity contribution in [2.45, 2.75) is 13.0 Å². The molecule has 134 valence electrons. The van der Waals surface area contributed by atoms with Crippen molar-refractivity contribution < 1.29 is 40.5 Å². The summed E-state index contributed by atoms with van der Waals surface area (Å²) in [6.45, 7) is 1.21. The summed E-state index contributed by atoms with van der Waals surface area (Å²) >= 11 is 0. The Hall–Kier alpha value is -2.47. The fraction of sp³-hybridized carbons (Fsp3) is 0.250. The van der Waals surface area contributed by atoms with Gasteiger partial charge < -0.3 is 35.9 Å². The van der Waals surface area contributed by atoms with E-state index in [1.807, 2.05) is 6.07 Å². The highest BCUT2D eigenvalue weighted by molar-refractivity contribution is 5.91. The van der Waals surface area contributed by atoms with Gasteiger partial charge in [-0.25, -0.2) is 0 Å². The summed E-state index contributed by atoms with van der Waals surface area (Å²) in [6, 6.07) is 10.4. The molecule has 0 spiro atoms. The number of rotatable bonds is 2. The van der Waals surface area contributed by atoms with Crippen LogP contribution in [0.15, 0.2) is 36.5 Å². The number of fused-ring (bicyclic) bond motifs is 5. The van der Waals surface area contributed by atoms with Gasteiger partial charge in [0.05, 0.1) is 25.2 Å². The van der Waals surface area contributed by atoms with Crippen molar-refractivity contribution in [2.75, 3.05) is 21.0 Å². The van der Waals surface area contributed by atoms with Crippen LogP contribution in [0.4, 0.5) is 0 Å². The number of hydrogen-bond acceptors (Lipinski definition) is 4. The van der Waals surface area contributed by atoms with Gasteiger partial charge in [0.25, 0.3) is 0 Å². The Morgan fingerprint density at radius 3 is 2.58 bits per heavy atom. The molecule has 0 amide bonds. The van der Waals surface area contributed by atoms with Gasteiger partial charge in [0.2, 0.25) is 12.5 Å². The van der Waals surface area contributed by atoms with Gasteiger partial charge in [-0.3, -0.25) is 0 Å². The molecule has 0 saturated heterocycles. The van der Waals surface area contributed by atoms with Gasteiger partial charge >= 0.3 is 0 Å². The number of halogens is 1. The normalized spacial score (nSPS) is 13.6. The number of aryl methyl sites for hydroxylation is 2. The van der Waals surface area contributed by atoms with Crippen LogP contribution < -0.4 is 40.5 Å². The second kappa shape index (κ2) is 6.36. The van der Waals surface area contributed by atoms with Gasteiger partial charge in [0.15, 0.2) is 35.7 Å². The minimum Gasteiger partial charge on any atom is -1.00 e. The first kappa shape index (κ1) is 17.0. The maximum absolute atomic E-state index is 5.60. The Balaban J connectivity index is 0.00000168. The minimum atomic E-state index is 0. The topological polar surface area (TPSA) is 40.8 Å². The average molecular weight is 416 g/mol. The van der Waals surface area contributed by atoms with Gasteiger partial charge in [-0.05, 0) is 35.2 Å². The predicted molar refractivity (Wildman–Crippen MR) is 92.5 cm³/mol. The van der Waals surface area contributed by atoms with Crippen molar-refractivity contribution >= 4 is 10.8 Å². The molecular weight excluding hydrogens is 398 g/mol. The molecule has 0 saturated carbocycles. The lowest BCUT2D eigenvalue weighted by Crippen LogP contribution is -3.00. The second-order valence-electron chi connectivity index (χ2n) is 6.27. The van der Waals surface area contributed by atoms with E-state index in [1.165, 1.54) is 16.8 Å². The SMILES string of the molecule is COc1ccc2cc3[n+](cc2c1OC)CCc1cc2c(cc1-3)OCO2.[Br-]. The van der Waals surface area contributed by atoms with Crippen LogP contribution >= 0.6 is 0 Å². The zero-order chi connectivity index (χ0) is 17.0. The zero-order valence-electron chi connectivity index (χ0n) is 14.5. The Morgan fingerprint density at radius 1 is 1.00 bits per heavy atom. The maximum atomic E-state index is 5.60. The van der Waals surface area contributed by atoms with E-state index < -0.39 is 0 Å². The third kappa shape index (κ3) is 2.40. The molecule has 0 N–H and O–H groups in total. The third-order valence-corrected chi connectivity index (χ3v) is 5.00. The fourth-order valence-electron chi connectivity index (χ4n) is 3.77. The van der Waals surface area contributed by atoms with E-state index in [4.69, 9.17) is 18.9 Å². The van der Waals surface area contributed by atoms with E-state index in [0.29, 0.717) is 6.79 Å². The summed E-state index contributed by atoms with van der Waals surface area (Å²) in [4.78, 5) is 0. The summed E-state index contributed by atoms with van der Waals surface area (Å²) in [6.07, 6.45) is 3.11. The van der Waals surface area contributed by atoms with E-state index in [2.05, 4.69) is 35.0 Å². The largest absolute Gasteiger partial charge is 1.00 e. The smallest absolute Gasteiger partial charge is 0.231 e. The van der Waals surface area contributed by atoms with Crippen LogP contribution in [-0.4, -0.2) is 21.0 Å². The van der Waals surface area contributed by atoms with Crippen molar-refractivity contribution in [3.8, 4) is 34.3 Å². The lowest BCUT2D eigenvalue weighted by atomic mass is 9.95. The summed E-state index contributed by atoms with van der Waals surface area (Å²) in [5, 5.41) is 2.17. The molecule has 5 rings (SSSR count). The highest BCUT2D eigenvalue weighted by Crippen LogP contribution is 2.41. The molecule has 3 aromatic rings. The third-order valence-electron chi connectivity index (χ3n) is 5.00. The van der Waals surface area contributed by atoms with Crippen LogP contribution in [0.5, 0.6) is 23.0 Å². The standard InChI is InChI=1S/C20H18NO4.BrH/c1-22-17-4-3-12-7-16-14-9-19-18(24-11-25-19)8-13(14)5-6-21(16)10-15(12)20(17)23-2;/h3-4,7-10H,5-6,11H2,1-2H3;1H/q+1;/p-1. The van der Waals surface area contributed by atoms with Crippen LogP contribution in [0.1, 0.15) is 5.56 Å². The van der Waals surface area contributed by atoms with Crippen LogP contribution in [0.25, 0.3) is 22.0 Å². The number of pyridine rings is 1. The van der Waals surface area contributed by atoms with E-state index in [0.717, 1.165) is 46.7 Å². The molecule has 26 heavy (non-hydrogen) atoms. The molecule has 3 heterocycles. The molecule has 6 heteroatoms. The molecular formula is C20H18BrNO4. The van der Waals surface area contributed by atoms with Crippen LogP contribution in [-0.2, 0) is 13.0 Å². The summed E-state index contributed by atoms with van der Waals surface area (Å²) in [5.74, 6) is 3.18. The molecule has 0 aliphatic carbocycles. The van der Waals surface area contributed by atoms with Gasteiger partial charge in [0, 0.05) is 12.5 Å². The number of hydrogen-bond donors (Lipinski definition) is 0. The first-order chi connectivity index (χ1) is 12.3. The fourth-order valence-corrected chi connectivity index (χ4v) is 3.77. The summed E-state index contributed by atoms with van der Waals surface area (Å²) in [7, 11) is 3.34. The molecule has 2 aromatic carbocycles. The van der Waals surface area contributed by atoms with Crippen molar-refractivity contribution in [1.29, 1.82) is 0 Å². The molecule has 0 bridgehead atoms. The predicted octanol–water partition coefficient (Wildman–Crippen LogP) is 0.100. The first-order valence-electron chi connectivity index (χ1n) is 8.29. The summed E-state index contributed by atoms with van der Waals surface area (Å²) < 4.78 is 24.4.